The quantitative estimate of drug-likeness (QED) is 0.359. The molecule has 1 aliphatic carbocycles. The van der Waals surface area contributed by atoms with E-state index in [9.17, 15) is 9.59 Å². The van der Waals surface area contributed by atoms with Crippen molar-refractivity contribution in [2.75, 3.05) is 26.2 Å². The van der Waals surface area contributed by atoms with E-state index in [0.717, 1.165) is 31.2 Å². The van der Waals surface area contributed by atoms with Crippen molar-refractivity contribution < 1.29 is 28.2 Å². The van der Waals surface area contributed by atoms with Crippen LogP contribution in [0.5, 0.6) is 17.2 Å². The third-order valence-corrected chi connectivity index (χ3v) is 7.00. The summed E-state index contributed by atoms with van der Waals surface area (Å²) in [5, 5.41) is 3.18. The number of rotatable bonds is 10. The molecule has 4 rings (SSSR count). The monoisotopic (exact) mass is 520 g/mol. The molecule has 1 N–H and O–H groups in total. The highest BCUT2D eigenvalue weighted by Gasteiger charge is 2.37. The Balaban J connectivity index is 1.90. The van der Waals surface area contributed by atoms with E-state index >= 15 is 0 Å². The fourth-order valence-electron chi connectivity index (χ4n) is 4.95. The number of ether oxygens (including phenoxy) is 3. The summed E-state index contributed by atoms with van der Waals surface area (Å²) in [7, 11) is 4.56. The first-order valence-electron chi connectivity index (χ1n) is 12.9. The Labute approximate surface area is 223 Å². The number of furan rings is 1. The van der Waals surface area contributed by atoms with Crippen LogP contribution in [0.25, 0.3) is 0 Å². The molecule has 1 aromatic heterocycles. The first-order valence-corrected chi connectivity index (χ1v) is 12.9. The van der Waals surface area contributed by atoms with Crippen LogP contribution in [0.1, 0.15) is 73.2 Å². The van der Waals surface area contributed by atoms with Gasteiger partial charge in [-0.25, -0.2) is 0 Å². The van der Waals surface area contributed by atoms with Crippen LogP contribution >= 0.6 is 0 Å². The van der Waals surface area contributed by atoms with Crippen molar-refractivity contribution >= 4 is 17.5 Å². The van der Waals surface area contributed by atoms with Crippen molar-refractivity contribution in [2.24, 2.45) is 0 Å². The van der Waals surface area contributed by atoms with Gasteiger partial charge in [-0.3, -0.25) is 14.5 Å². The molecule has 0 bridgehead atoms. The third-order valence-electron chi connectivity index (χ3n) is 7.00. The second kappa shape index (κ2) is 12.1. The Bertz CT molecular complexity index is 1210. The summed E-state index contributed by atoms with van der Waals surface area (Å²) in [6, 6.07) is 13.4. The minimum Gasteiger partial charge on any atom is -0.493 e. The summed E-state index contributed by atoms with van der Waals surface area (Å²) in [5.41, 5.74) is 2.21. The number of nitrogens with zero attached hydrogens (tertiary/aromatic N) is 1. The van der Waals surface area contributed by atoms with Crippen LogP contribution in [0.4, 0.5) is 5.69 Å². The average Bonchev–Trinajstić information content (AvgIpc) is 3.65. The maximum absolute atomic E-state index is 14.1. The number of carbonyl (C=O) groups is 2. The topological polar surface area (TPSA) is 90.2 Å². The molecule has 1 aliphatic rings. The van der Waals surface area contributed by atoms with Gasteiger partial charge >= 0.3 is 0 Å². The molecule has 0 spiro atoms. The summed E-state index contributed by atoms with van der Waals surface area (Å²) in [5.74, 6) is 0.895. The molecule has 8 nitrogen and oxygen atoms in total. The van der Waals surface area contributed by atoms with Crippen molar-refractivity contribution in [3.63, 3.8) is 0 Å². The molecule has 38 heavy (non-hydrogen) atoms. The Morgan fingerprint density at radius 1 is 0.921 bits per heavy atom. The number of hydrogen-bond acceptors (Lipinski definition) is 6. The molecule has 2 amide bonds. The molecule has 3 aromatic rings. The number of amides is 2. The van der Waals surface area contributed by atoms with E-state index in [1.807, 2.05) is 24.3 Å². The fraction of sp³-hybridized carbons (Fsp3) is 0.400. The Hall–Kier alpha value is -3.94. The van der Waals surface area contributed by atoms with Gasteiger partial charge in [0.1, 0.15) is 6.04 Å². The van der Waals surface area contributed by atoms with Gasteiger partial charge in [0, 0.05) is 11.7 Å². The van der Waals surface area contributed by atoms with Gasteiger partial charge < -0.3 is 23.9 Å². The predicted octanol–water partition coefficient (Wildman–Crippen LogP) is 5.88. The van der Waals surface area contributed by atoms with E-state index in [0.29, 0.717) is 34.4 Å². The average molecular weight is 521 g/mol. The Morgan fingerprint density at radius 2 is 1.55 bits per heavy atom. The molecular weight excluding hydrogens is 484 g/mol. The van der Waals surface area contributed by atoms with Gasteiger partial charge in [0.2, 0.25) is 11.7 Å². The van der Waals surface area contributed by atoms with E-state index in [-0.39, 0.29) is 17.7 Å². The Kier molecular flexibility index (Phi) is 8.61. The van der Waals surface area contributed by atoms with E-state index in [1.54, 1.807) is 24.3 Å². The lowest BCUT2D eigenvalue weighted by molar-refractivity contribution is -0.123. The zero-order valence-corrected chi connectivity index (χ0v) is 22.7. The molecule has 2 aromatic carbocycles. The zero-order chi connectivity index (χ0) is 27.2. The third kappa shape index (κ3) is 5.64. The van der Waals surface area contributed by atoms with Crippen LogP contribution in [-0.4, -0.2) is 39.2 Å². The van der Waals surface area contributed by atoms with Crippen LogP contribution in [0.15, 0.2) is 59.2 Å². The minimum absolute atomic E-state index is 0.0518. The first kappa shape index (κ1) is 27.1. The SMILES string of the molecule is COc1cc(C(C(=O)NC2CCCC2)N(C(=O)c2ccco2)c2ccc(C(C)C)cc2)cc(OC)c1OC. The molecule has 0 radical (unpaired) electrons. The van der Waals surface area contributed by atoms with Gasteiger partial charge in [0.05, 0.1) is 27.6 Å². The molecule has 0 saturated heterocycles. The second-order valence-electron chi connectivity index (χ2n) is 9.75. The molecule has 8 heteroatoms. The highest BCUT2D eigenvalue weighted by atomic mass is 16.5. The van der Waals surface area contributed by atoms with Crippen molar-refractivity contribution in [3.8, 4) is 17.2 Å². The van der Waals surface area contributed by atoms with Gasteiger partial charge in [-0.15, -0.1) is 0 Å². The predicted molar refractivity (Wildman–Crippen MR) is 145 cm³/mol. The lowest BCUT2D eigenvalue weighted by Gasteiger charge is -2.32. The van der Waals surface area contributed by atoms with Crippen LogP contribution < -0.4 is 24.4 Å². The van der Waals surface area contributed by atoms with Crippen LogP contribution in [0.2, 0.25) is 0 Å². The maximum atomic E-state index is 14.1. The highest BCUT2D eigenvalue weighted by Crippen LogP contribution is 2.42. The van der Waals surface area contributed by atoms with Gasteiger partial charge in [0.15, 0.2) is 17.3 Å². The molecule has 1 unspecified atom stereocenters. The summed E-state index contributed by atoms with van der Waals surface area (Å²) < 4.78 is 22.2. The molecule has 1 atom stereocenters. The number of nitrogens with one attached hydrogen (secondary N) is 1. The van der Waals surface area contributed by atoms with Crippen LogP contribution in [-0.2, 0) is 4.79 Å². The normalized spacial score (nSPS) is 14.3. The standard InChI is InChI=1S/C30H36N2O6/c1-19(2)20-12-14-23(15-13-20)32(30(34)24-11-8-16-38-24)27(29(33)31-22-9-6-7-10-22)21-17-25(35-3)28(37-5)26(18-21)36-4/h8,11-19,22,27H,6-7,9-10H2,1-5H3,(H,31,33). The summed E-state index contributed by atoms with van der Waals surface area (Å²) >= 11 is 0. The molecule has 1 heterocycles. The molecule has 1 fully saturated rings. The Morgan fingerprint density at radius 3 is 2.05 bits per heavy atom. The van der Waals surface area contributed by atoms with Gasteiger partial charge in [-0.1, -0.05) is 38.8 Å². The van der Waals surface area contributed by atoms with Crippen molar-refractivity contribution in [2.45, 2.75) is 57.5 Å². The number of hydrogen-bond donors (Lipinski definition) is 1. The maximum Gasteiger partial charge on any atom is 0.294 e. The fourth-order valence-corrected chi connectivity index (χ4v) is 4.95. The van der Waals surface area contributed by atoms with Crippen molar-refractivity contribution in [3.05, 3.63) is 71.7 Å². The summed E-state index contributed by atoms with van der Waals surface area (Å²) in [4.78, 5) is 29.5. The number of methoxy groups -OCH3 is 3. The lowest BCUT2D eigenvalue weighted by atomic mass is 9.99. The van der Waals surface area contributed by atoms with Crippen LogP contribution in [0, 0.1) is 0 Å². The number of benzene rings is 2. The van der Waals surface area contributed by atoms with Gasteiger partial charge in [-0.05, 0) is 66.3 Å². The van der Waals surface area contributed by atoms with Crippen molar-refractivity contribution in [1.82, 2.24) is 5.32 Å². The smallest absolute Gasteiger partial charge is 0.294 e. The largest absolute Gasteiger partial charge is 0.493 e. The van der Waals surface area contributed by atoms with Crippen molar-refractivity contribution in [1.29, 1.82) is 0 Å². The van der Waals surface area contributed by atoms with E-state index in [2.05, 4.69) is 19.2 Å². The second-order valence-corrected chi connectivity index (χ2v) is 9.75. The minimum atomic E-state index is -1.04. The molecule has 0 aliphatic heterocycles. The zero-order valence-electron chi connectivity index (χ0n) is 22.7. The van der Waals surface area contributed by atoms with E-state index in [4.69, 9.17) is 18.6 Å². The molecule has 202 valence electrons. The van der Waals surface area contributed by atoms with Crippen LogP contribution in [0.3, 0.4) is 0 Å². The highest BCUT2D eigenvalue weighted by molar-refractivity contribution is 6.08. The number of carbonyl (C=O) groups excluding carboxylic acids is 2. The molecule has 1 saturated carbocycles. The summed E-state index contributed by atoms with van der Waals surface area (Å²) in [6.07, 6.45) is 5.38. The first-order chi connectivity index (χ1) is 18.4. The molecular formula is C30H36N2O6. The van der Waals surface area contributed by atoms with E-state index < -0.39 is 11.9 Å². The van der Waals surface area contributed by atoms with Gasteiger partial charge in [0.25, 0.3) is 5.91 Å². The lowest BCUT2D eigenvalue weighted by Crippen LogP contribution is -2.46. The number of anilines is 1. The van der Waals surface area contributed by atoms with E-state index in [1.165, 1.54) is 32.5 Å². The van der Waals surface area contributed by atoms with Gasteiger partial charge in [-0.2, -0.15) is 0 Å². The summed E-state index contributed by atoms with van der Waals surface area (Å²) in [6.45, 7) is 4.21.